The van der Waals surface area contributed by atoms with E-state index in [0.717, 1.165) is 16.7 Å². The molecule has 0 aliphatic rings. The van der Waals surface area contributed by atoms with Crippen LogP contribution in [0.1, 0.15) is 34.4 Å². The summed E-state index contributed by atoms with van der Waals surface area (Å²) in [5.41, 5.74) is -0.158. The molecular weight excluding hydrogens is 325 g/mol. The zero-order valence-electron chi connectivity index (χ0n) is 12.8. The van der Waals surface area contributed by atoms with Crippen molar-refractivity contribution in [3.05, 3.63) is 47.1 Å². The Balaban J connectivity index is 2.08. The van der Waals surface area contributed by atoms with Gasteiger partial charge < -0.3 is 9.84 Å². The van der Waals surface area contributed by atoms with Gasteiger partial charge in [0.1, 0.15) is 17.1 Å². The summed E-state index contributed by atoms with van der Waals surface area (Å²) < 4.78 is 44.8. The zero-order chi connectivity index (χ0) is 17.5. The van der Waals surface area contributed by atoms with E-state index >= 15 is 0 Å². The fourth-order valence-electron chi connectivity index (χ4n) is 2.35. The number of aryl methyl sites for hydroxylation is 2. The van der Waals surface area contributed by atoms with Crippen molar-refractivity contribution in [2.45, 2.75) is 26.4 Å². The van der Waals surface area contributed by atoms with Crippen LogP contribution in [0, 0.1) is 6.92 Å². The summed E-state index contributed by atoms with van der Waals surface area (Å²) in [6, 6.07) is 3.68. The van der Waals surface area contributed by atoms with Crippen LogP contribution in [-0.2, 0) is 12.6 Å². The molecule has 9 heteroatoms. The molecule has 0 radical (unpaired) electrons. The molecule has 0 unspecified atom stereocenters. The van der Waals surface area contributed by atoms with Crippen molar-refractivity contribution in [1.29, 1.82) is 0 Å². The van der Waals surface area contributed by atoms with Gasteiger partial charge in [-0.05, 0) is 25.5 Å². The van der Waals surface area contributed by atoms with Crippen LogP contribution >= 0.6 is 0 Å². The number of carbonyl (C=O) groups excluding carboxylic acids is 1. The molecule has 3 aromatic heterocycles. The molecule has 126 valence electrons. The van der Waals surface area contributed by atoms with Gasteiger partial charge in [-0.15, -0.1) is 0 Å². The lowest BCUT2D eigenvalue weighted by Crippen LogP contribution is -2.17. The van der Waals surface area contributed by atoms with E-state index in [9.17, 15) is 18.0 Å². The van der Waals surface area contributed by atoms with E-state index < -0.39 is 17.6 Å². The first-order chi connectivity index (χ1) is 11.3. The van der Waals surface area contributed by atoms with Gasteiger partial charge in [0.2, 0.25) is 0 Å². The molecule has 24 heavy (non-hydrogen) atoms. The summed E-state index contributed by atoms with van der Waals surface area (Å²) in [4.78, 5) is 16.7. The topological polar surface area (TPSA) is 72.4 Å². The van der Waals surface area contributed by atoms with Gasteiger partial charge in [0.05, 0.1) is 11.3 Å². The number of carbonyl (C=O) groups is 1. The van der Waals surface area contributed by atoms with E-state index in [2.05, 4.69) is 15.5 Å². The number of anilines is 1. The predicted molar refractivity (Wildman–Crippen MR) is 78.8 cm³/mol. The normalized spacial score (nSPS) is 11.9. The minimum atomic E-state index is -4.51. The van der Waals surface area contributed by atoms with Crippen LogP contribution in [0.25, 0.3) is 5.65 Å². The summed E-state index contributed by atoms with van der Waals surface area (Å²) in [7, 11) is 0. The Hall–Kier alpha value is -2.84. The fraction of sp³-hybridized carbons (Fsp3) is 0.267. The molecule has 0 fully saturated rings. The minimum absolute atomic E-state index is 0.0410. The smallest absolute Gasteiger partial charge is 0.360 e. The lowest BCUT2D eigenvalue weighted by Gasteiger charge is -2.08. The van der Waals surface area contributed by atoms with Crippen LogP contribution < -0.4 is 5.32 Å². The number of aromatic nitrogens is 3. The van der Waals surface area contributed by atoms with Crippen molar-refractivity contribution in [2.24, 2.45) is 0 Å². The van der Waals surface area contributed by atoms with Gasteiger partial charge in [-0.1, -0.05) is 12.1 Å². The number of nitrogens with one attached hydrogen (secondary N) is 1. The average Bonchev–Trinajstić information content (AvgIpc) is 3.08. The summed E-state index contributed by atoms with van der Waals surface area (Å²) in [6.45, 7) is 3.42. The molecule has 1 amide bonds. The highest BCUT2D eigenvalue weighted by atomic mass is 19.4. The van der Waals surface area contributed by atoms with E-state index in [1.165, 1.54) is 12.1 Å². The number of rotatable bonds is 3. The largest absolute Gasteiger partial charge is 0.417 e. The van der Waals surface area contributed by atoms with Gasteiger partial charge in [-0.25, -0.2) is 4.98 Å². The number of imidazole rings is 1. The first kappa shape index (κ1) is 16.0. The molecule has 0 aliphatic carbocycles. The summed E-state index contributed by atoms with van der Waals surface area (Å²) >= 11 is 0. The number of nitrogens with zero attached hydrogens (tertiary/aromatic N) is 3. The molecule has 1 N–H and O–H groups in total. The number of alkyl halides is 3. The van der Waals surface area contributed by atoms with Gasteiger partial charge in [-0.2, -0.15) is 13.2 Å². The third-order valence-electron chi connectivity index (χ3n) is 3.44. The summed E-state index contributed by atoms with van der Waals surface area (Å²) in [5.74, 6) is 0.0759. The van der Waals surface area contributed by atoms with Gasteiger partial charge in [0.25, 0.3) is 5.91 Å². The quantitative estimate of drug-likeness (QED) is 0.794. The monoisotopic (exact) mass is 338 g/mol. The number of hydrogen-bond acceptors (Lipinski definition) is 4. The molecular formula is C15H13F3N4O2. The van der Waals surface area contributed by atoms with Gasteiger partial charge >= 0.3 is 6.18 Å². The second kappa shape index (κ2) is 5.66. The number of amides is 1. The number of halogens is 3. The van der Waals surface area contributed by atoms with E-state index in [0.29, 0.717) is 17.9 Å². The Bertz CT molecular complexity index is 911. The molecule has 3 aromatic rings. The minimum Gasteiger partial charge on any atom is -0.360 e. The number of pyridine rings is 1. The van der Waals surface area contributed by atoms with Crippen LogP contribution in [0.2, 0.25) is 0 Å². The maximum Gasteiger partial charge on any atom is 0.417 e. The third-order valence-corrected chi connectivity index (χ3v) is 3.44. The maximum absolute atomic E-state index is 12.9. The fourth-order valence-corrected chi connectivity index (χ4v) is 2.35. The molecule has 0 spiro atoms. The van der Waals surface area contributed by atoms with Crippen molar-refractivity contribution >= 4 is 17.4 Å². The van der Waals surface area contributed by atoms with Crippen molar-refractivity contribution in [2.75, 3.05) is 5.32 Å². The zero-order valence-corrected chi connectivity index (χ0v) is 12.8. The van der Waals surface area contributed by atoms with Crippen LogP contribution in [0.3, 0.4) is 0 Å². The molecule has 0 saturated heterocycles. The van der Waals surface area contributed by atoms with Crippen LogP contribution in [0.4, 0.5) is 19.0 Å². The standard InChI is InChI=1S/C15H13F3N4O2/c1-3-10-13(14(23)20-11-6-8(2)24-21-11)22-7-9(15(16,17)18)4-5-12(22)19-10/h4-7H,3H2,1-2H3,(H,20,21,23). The Morgan fingerprint density at radius 1 is 1.38 bits per heavy atom. The molecule has 0 aliphatic heterocycles. The van der Waals surface area contributed by atoms with Crippen LogP contribution in [-0.4, -0.2) is 20.4 Å². The van der Waals surface area contributed by atoms with E-state index in [4.69, 9.17) is 4.52 Å². The highest BCUT2D eigenvalue weighted by Crippen LogP contribution is 2.30. The molecule has 0 aromatic carbocycles. The second-order valence-corrected chi connectivity index (χ2v) is 5.18. The van der Waals surface area contributed by atoms with Crippen LogP contribution in [0.5, 0.6) is 0 Å². The maximum atomic E-state index is 12.9. The third kappa shape index (κ3) is 2.84. The second-order valence-electron chi connectivity index (χ2n) is 5.18. The summed E-state index contributed by atoms with van der Waals surface area (Å²) in [5, 5.41) is 6.15. The SMILES string of the molecule is CCc1nc2ccc(C(F)(F)F)cn2c1C(=O)Nc1cc(C)on1. The Morgan fingerprint density at radius 3 is 2.71 bits per heavy atom. The lowest BCUT2D eigenvalue weighted by atomic mass is 10.2. The molecule has 3 heterocycles. The molecule has 0 saturated carbocycles. The number of fused-ring (bicyclic) bond motifs is 1. The Labute approximate surface area is 134 Å². The van der Waals surface area contributed by atoms with Crippen molar-refractivity contribution in [1.82, 2.24) is 14.5 Å². The molecule has 3 rings (SSSR count). The van der Waals surface area contributed by atoms with Gasteiger partial charge in [0.15, 0.2) is 5.82 Å². The molecule has 0 atom stereocenters. The predicted octanol–water partition coefficient (Wildman–Crippen LogP) is 3.46. The highest BCUT2D eigenvalue weighted by molar-refractivity contribution is 6.04. The first-order valence-corrected chi connectivity index (χ1v) is 7.12. The number of hydrogen-bond donors (Lipinski definition) is 1. The van der Waals surface area contributed by atoms with Crippen molar-refractivity contribution in [3.8, 4) is 0 Å². The Morgan fingerprint density at radius 2 is 2.12 bits per heavy atom. The van der Waals surface area contributed by atoms with E-state index in [1.807, 2.05) is 0 Å². The molecule has 6 nitrogen and oxygen atoms in total. The molecule has 0 bridgehead atoms. The first-order valence-electron chi connectivity index (χ1n) is 7.12. The van der Waals surface area contributed by atoms with Crippen molar-refractivity contribution < 1.29 is 22.5 Å². The van der Waals surface area contributed by atoms with Crippen molar-refractivity contribution in [3.63, 3.8) is 0 Å². The Kier molecular flexibility index (Phi) is 3.78. The van der Waals surface area contributed by atoms with E-state index in [-0.39, 0.29) is 17.2 Å². The highest BCUT2D eigenvalue weighted by Gasteiger charge is 2.32. The van der Waals surface area contributed by atoms with E-state index in [1.54, 1.807) is 13.8 Å². The van der Waals surface area contributed by atoms with Gasteiger partial charge in [0, 0.05) is 12.3 Å². The average molecular weight is 338 g/mol. The lowest BCUT2D eigenvalue weighted by molar-refractivity contribution is -0.137. The summed E-state index contributed by atoms with van der Waals surface area (Å²) in [6.07, 6.45) is -3.25. The van der Waals surface area contributed by atoms with Crippen LogP contribution in [0.15, 0.2) is 28.9 Å². The van der Waals surface area contributed by atoms with Gasteiger partial charge in [-0.3, -0.25) is 9.20 Å².